The smallest absolute Gasteiger partial charge is 0.193 e. The molecule has 122 valence electrons. The largest absolute Gasteiger partial charge is 0.497 e. The molecular weight excluding hydrogens is 280 g/mol. The van der Waals surface area contributed by atoms with Crippen LogP contribution in [-0.2, 0) is 4.74 Å². The van der Waals surface area contributed by atoms with E-state index in [4.69, 9.17) is 9.47 Å². The van der Waals surface area contributed by atoms with E-state index in [2.05, 4.69) is 32.2 Å². The maximum atomic E-state index is 5.30. The fourth-order valence-electron chi connectivity index (χ4n) is 2.58. The highest BCUT2D eigenvalue weighted by molar-refractivity contribution is 5.80. The monoisotopic (exact) mass is 306 g/mol. The number of nitrogens with zero attached hydrogens (tertiary/aromatic N) is 3. The van der Waals surface area contributed by atoms with E-state index >= 15 is 0 Å². The summed E-state index contributed by atoms with van der Waals surface area (Å²) < 4.78 is 10.4. The normalized spacial score (nSPS) is 15.9. The second kappa shape index (κ2) is 8.48. The molecule has 6 heteroatoms. The van der Waals surface area contributed by atoms with Crippen molar-refractivity contribution in [1.82, 2.24) is 10.2 Å². The van der Waals surface area contributed by atoms with Gasteiger partial charge in [-0.1, -0.05) is 6.07 Å². The van der Waals surface area contributed by atoms with E-state index in [1.54, 1.807) is 14.2 Å². The summed E-state index contributed by atoms with van der Waals surface area (Å²) in [6.07, 6.45) is 0. The second-order valence-corrected chi connectivity index (χ2v) is 5.14. The highest BCUT2D eigenvalue weighted by atomic mass is 16.5. The molecule has 1 saturated heterocycles. The predicted molar refractivity (Wildman–Crippen MR) is 90.0 cm³/mol. The van der Waals surface area contributed by atoms with Gasteiger partial charge in [-0.3, -0.25) is 4.99 Å². The van der Waals surface area contributed by atoms with E-state index in [9.17, 15) is 0 Å². The summed E-state index contributed by atoms with van der Waals surface area (Å²) in [6.45, 7) is 5.30. The van der Waals surface area contributed by atoms with Crippen molar-refractivity contribution >= 4 is 11.6 Å². The Morgan fingerprint density at radius 3 is 2.64 bits per heavy atom. The van der Waals surface area contributed by atoms with Crippen molar-refractivity contribution in [3.63, 3.8) is 0 Å². The van der Waals surface area contributed by atoms with E-state index < -0.39 is 0 Å². The highest BCUT2D eigenvalue weighted by Crippen LogP contribution is 2.22. The molecule has 0 saturated carbocycles. The average Bonchev–Trinajstić information content (AvgIpc) is 2.59. The van der Waals surface area contributed by atoms with Gasteiger partial charge in [0.1, 0.15) is 5.75 Å². The number of nitrogens with one attached hydrogen (secondary N) is 1. The predicted octanol–water partition coefficient (Wildman–Crippen LogP) is 1.04. The van der Waals surface area contributed by atoms with Crippen molar-refractivity contribution in [3.05, 3.63) is 24.3 Å². The number of methoxy groups -OCH3 is 2. The van der Waals surface area contributed by atoms with E-state index in [-0.39, 0.29) is 0 Å². The zero-order valence-electron chi connectivity index (χ0n) is 13.7. The van der Waals surface area contributed by atoms with Gasteiger partial charge in [0.25, 0.3) is 0 Å². The van der Waals surface area contributed by atoms with E-state index in [0.717, 1.165) is 44.4 Å². The van der Waals surface area contributed by atoms with Crippen LogP contribution >= 0.6 is 0 Å². The highest BCUT2D eigenvalue weighted by Gasteiger charge is 2.19. The molecule has 0 spiro atoms. The molecule has 0 atom stereocenters. The van der Waals surface area contributed by atoms with Gasteiger partial charge in [-0.25, -0.2) is 0 Å². The molecule has 0 bridgehead atoms. The first-order valence-corrected chi connectivity index (χ1v) is 7.62. The molecule has 0 radical (unpaired) electrons. The minimum atomic E-state index is 0.683. The number of benzene rings is 1. The Balaban J connectivity index is 1.89. The van der Waals surface area contributed by atoms with Crippen LogP contribution in [0.1, 0.15) is 0 Å². The Bertz CT molecular complexity index is 485. The average molecular weight is 306 g/mol. The van der Waals surface area contributed by atoms with Gasteiger partial charge in [0.2, 0.25) is 0 Å². The molecule has 1 heterocycles. The fraction of sp³-hybridized carbons (Fsp3) is 0.562. The lowest BCUT2D eigenvalue weighted by atomic mass is 10.2. The van der Waals surface area contributed by atoms with Crippen LogP contribution in [0.3, 0.4) is 0 Å². The van der Waals surface area contributed by atoms with E-state index in [1.807, 2.05) is 19.2 Å². The van der Waals surface area contributed by atoms with Crippen LogP contribution < -0.4 is 15.0 Å². The lowest BCUT2D eigenvalue weighted by molar-refractivity contribution is 0.202. The maximum absolute atomic E-state index is 5.30. The van der Waals surface area contributed by atoms with Gasteiger partial charge in [-0.2, -0.15) is 0 Å². The summed E-state index contributed by atoms with van der Waals surface area (Å²) in [5.41, 5.74) is 1.21. The fourth-order valence-corrected chi connectivity index (χ4v) is 2.58. The summed E-state index contributed by atoms with van der Waals surface area (Å²) in [5, 5.41) is 3.33. The number of anilines is 1. The molecule has 1 aliphatic rings. The minimum absolute atomic E-state index is 0.683. The van der Waals surface area contributed by atoms with Gasteiger partial charge in [0, 0.05) is 58.6 Å². The molecule has 1 N–H and O–H groups in total. The molecule has 0 amide bonds. The molecule has 0 aromatic heterocycles. The summed E-state index contributed by atoms with van der Waals surface area (Å²) >= 11 is 0. The van der Waals surface area contributed by atoms with E-state index in [0.29, 0.717) is 6.61 Å². The SMILES string of the molecule is CN=C(NCCOC)N1CCN(c2cccc(OC)c2)CC1. The van der Waals surface area contributed by atoms with Crippen molar-refractivity contribution in [2.75, 3.05) is 65.5 Å². The lowest BCUT2D eigenvalue weighted by Crippen LogP contribution is -2.53. The number of hydrogen-bond donors (Lipinski definition) is 1. The number of hydrogen-bond acceptors (Lipinski definition) is 4. The second-order valence-electron chi connectivity index (χ2n) is 5.14. The van der Waals surface area contributed by atoms with Crippen LogP contribution in [0.2, 0.25) is 0 Å². The van der Waals surface area contributed by atoms with Gasteiger partial charge in [-0.05, 0) is 12.1 Å². The van der Waals surface area contributed by atoms with Gasteiger partial charge in [0.05, 0.1) is 13.7 Å². The molecule has 0 aliphatic carbocycles. The standard InChI is InChI=1S/C16H26N4O2/c1-17-16(18-7-12-21-2)20-10-8-19(9-11-20)14-5-4-6-15(13-14)22-3/h4-6,13H,7-12H2,1-3H3,(H,17,18). The van der Waals surface area contributed by atoms with Gasteiger partial charge >= 0.3 is 0 Å². The van der Waals surface area contributed by atoms with Crippen LogP contribution in [-0.4, -0.2) is 71.5 Å². The van der Waals surface area contributed by atoms with Gasteiger partial charge in [0.15, 0.2) is 5.96 Å². The Morgan fingerprint density at radius 2 is 2.00 bits per heavy atom. The number of guanidine groups is 1. The van der Waals surface area contributed by atoms with Gasteiger partial charge in [-0.15, -0.1) is 0 Å². The van der Waals surface area contributed by atoms with Crippen molar-refractivity contribution in [2.45, 2.75) is 0 Å². The van der Waals surface area contributed by atoms with Crippen molar-refractivity contribution in [2.24, 2.45) is 4.99 Å². The first kappa shape index (κ1) is 16.4. The Hall–Kier alpha value is -1.95. The Kier molecular flexibility index (Phi) is 6.33. The third kappa shape index (κ3) is 4.27. The summed E-state index contributed by atoms with van der Waals surface area (Å²) in [4.78, 5) is 9.01. The Morgan fingerprint density at radius 1 is 1.23 bits per heavy atom. The summed E-state index contributed by atoms with van der Waals surface area (Å²) in [7, 11) is 5.23. The molecule has 1 aliphatic heterocycles. The molecule has 1 aromatic carbocycles. The first-order chi connectivity index (χ1) is 10.8. The van der Waals surface area contributed by atoms with Crippen molar-refractivity contribution < 1.29 is 9.47 Å². The Labute approximate surface area is 132 Å². The quantitative estimate of drug-likeness (QED) is 0.500. The summed E-state index contributed by atoms with van der Waals surface area (Å²) in [6, 6.07) is 8.22. The van der Waals surface area contributed by atoms with E-state index in [1.165, 1.54) is 5.69 Å². The molecule has 2 rings (SSSR count). The number of rotatable bonds is 5. The van der Waals surface area contributed by atoms with Gasteiger partial charge < -0.3 is 24.6 Å². The third-order valence-corrected chi connectivity index (χ3v) is 3.80. The van der Waals surface area contributed by atoms with Crippen LogP contribution in [0.5, 0.6) is 5.75 Å². The maximum Gasteiger partial charge on any atom is 0.193 e. The molecule has 1 aromatic rings. The number of aliphatic imine (C=N–C) groups is 1. The van der Waals surface area contributed by atoms with Crippen LogP contribution in [0, 0.1) is 0 Å². The number of ether oxygens (including phenoxy) is 2. The van der Waals surface area contributed by atoms with Crippen molar-refractivity contribution in [3.8, 4) is 5.75 Å². The lowest BCUT2D eigenvalue weighted by Gasteiger charge is -2.37. The van der Waals surface area contributed by atoms with Crippen LogP contribution in [0.15, 0.2) is 29.3 Å². The zero-order chi connectivity index (χ0) is 15.8. The third-order valence-electron chi connectivity index (χ3n) is 3.80. The molecule has 22 heavy (non-hydrogen) atoms. The van der Waals surface area contributed by atoms with Crippen LogP contribution in [0.4, 0.5) is 5.69 Å². The molecule has 1 fully saturated rings. The molecular formula is C16H26N4O2. The molecule has 6 nitrogen and oxygen atoms in total. The van der Waals surface area contributed by atoms with Crippen molar-refractivity contribution in [1.29, 1.82) is 0 Å². The zero-order valence-corrected chi connectivity index (χ0v) is 13.7. The minimum Gasteiger partial charge on any atom is -0.497 e. The first-order valence-electron chi connectivity index (χ1n) is 7.62. The summed E-state index contributed by atoms with van der Waals surface area (Å²) in [5.74, 6) is 1.85. The topological polar surface area (TPSA) is 49.3 Å². The number of piperazine rings is 1. The molecule has 0 unspecified atom stereocenters. The van der Waals surface area contributed by atoms with Crippen LogP contribution in [0.25, 0.3) is 0 Å².